The minimum Gasteiger partial charge on any atom is -0.374 e. The fourth-order valence-electron chi connectivity index (χ4n) is 11.0. The average molecular weight is 517 g/mol. The van der Waals surface area contributed by atoms with E-state index in [4.69, 9.17) is 9.72 Å². The summed E-state index contributed by atoms with van der Waals surface area (Å²) in [6.07, 6.45) is 13.8. The number of Topliss-reactive ketones (excluding diaryl/α,β-unsaturated/α-hetero) is 1. The van der Waals surface area contributed by atoms with Crippen LogP contribution in [0.2, 0.25) is 0 Å². The molecule has 0 unspecified atom stereocenters. The van der Waals surface area contributed by atoms with Crippen LogP contribution in [0.5, 0.6) is 0 Å². The number of imidazole rings is 1. The Morgan fingerprint density at radius 2 is 1.95 bits per heavy atom. The second-order valence-electron chi connectivity index (χ2n) is 14.9. The number of aromatic amines is 1. The molecule has 1 aliphatic heterocycles. The maximum absolute atomic E-state index is 12.3. The molecule has 7 rings (SSSR count). The van der Waals surface area contributed by atoms with E-state index < -0.39 is 0 Å². The average Bonchev–Trinajstić information content (AvgIpc) is 3.53. The minimum atomic E-state index is 0.404. The quantitative estimate of drug-likeness (QED) is 0.442. The van der Waals surface area contributed by atoms with Gasteiger partial charge < -0.3 is 9.72 Å². The third-order valence-corrected chi connectivity index (χ3v) is 13.0. The van der Waals surface area contributed by atoms with E-state index in [0.717, 1.165) is 66.2 Å². The van der Waals surface area contributed by atoms with E-state index in [1.165, 1.54) is 44.9 Å². The second-order valence-corrected chi connectivity index (χ2v) is 14.9. The van der Waals surface area contributed by atoms with Gasteiger partial charge in [-0.25, -0.2) is 4.98 Å². The number of carbonyl (C=O) groups is 1. The number of ketones is 1. The lowest BCUT2D eigenvalue weighted by Crippen LogP contribution is -2.54. The van der Waals surface area contributed by atoms with Crippen molar-refractivity contribution in [2.45, 2.75) is 111 Å². The molecule has 38 heavy (non-hydrogen) atoms. The number of nitrogens with zero attached hydrogens (tertiary/aromatic N) is 1. The Bertz CT molecular complexity index is 1170. The topological polar surface area (TPSA) is 55.0 Å². The maximum atomic E-state index is 12.3. The summed E-state index contributed by atoms with van der Waals surface area (Å²) in [4.78, 5) is 20.6. The summed E-state index contributed by atoms with van der Waals surface area (Å²) in [6, 6.07) is 8.35. The van der Waals surface area contributed by atoms with Gasteiger partial charge in [0.15, 0.2) is 0 Å². The van der Waals surface area contributed by atoms with Crippen LogP contribution in [0.3, 0.4) is 0 Å². The Labute approximate surface area is 229 Å². The Balaban J connectivity index is 0.997. The largest absolute Gasteiger partial charge is 0.374 e. The third kappa shape index (κ3) is 3.86. The highest BCUT2D eigenvalue weighted by Crippen LogP contribution is 2.69. The highest BCUT2D eigenvalue weighted by molar-refractivity contribution is 5.79. The molecule has 1 aromatic carbocycles. The lowest BCUT2D eigenvalue weighted by atomic mass is 9.44. The third-order valence-electron chi connectivity index (χ3n) is 13.0. The first kappa shape index (κ1) is 25.3. The summed E-state index contributed by atoms with van der Waals surface area (Å²) in [7, 11) is 0. The van der Waals surface area contributed by atoms with Crippen LogP contribution in [-0.2, 0) is 16.0 Å². The number of hydrogen-bond donors (Lipinski definition) is 1. The number of rotatable bonds is 5. The highest BCUT2D eigenvalue weighted by atomic mass is 16.5. The van der Waals surface area contributed by atoms with E-state index in [1.54, 1.807) is 0 Å². The number of fused-ring (bicyclic) bond motifs is 8. The zero-order valence-electron chi connectivity index (χ0n) is 24.0. The fraction of sp³-hybridized carbons (Fsp3) is 0.765. The van der Waals surface area contributed by atoms with Crippen LogP contribution in [0.15, 0.2) is 24.3 Å². The molecule has 2 heterocycles. The fourth-order valence-corrected chi connectivity index (χ4v) is 11.0. The SMILES string of the molecule is C[C@@H](CC[C@H]1O[C@H]2C[C@H]3[C@@H]4CC[C@@H]5CC(=O)CC[C@]5(C)[C@H]4CC[C@]3(C)[C@H]2[C@@H]1C)Cc1nc2ccccc2[nH]1. The Morgan fingerprint density at radius 1 is 1.11 bits per heavy atom. The summed E-state index contributed by atoms with van der Waals surface area (Å²) in [5.74, 6) is 6.79. The summed E-state index contributed by atoms with van der Waals surface area (Å²) >= 11 is 0. The number of benzene rings is 1. The molecule has 1 N–H and O–H groups in total. The minimum absolute atomic E-state index is 0.404. The normalized spacial score (nSPS) is 44.9. The Hall–Kier alpha value is -1.68. The van der Waals surface area contributed by atoms with Gasteiger partial charge in [0.2, 0.25) is 0 Å². The van der Waals surface area contributed by atoms with Crippen molar-refractivity contribution in [3.8, 4) is 0 Å². The molecule has 206 valence electrons. The van der Waals surface area contributed by atoms with E-state index in [0.29, 0.717) is 46.6 Å². The predicted molar refractivity (Wildman–Crippen MR) is 152 cm³/mol. The van der Waals surface area contributed by atoms with Gasteiger partial charge in [0.25, 0.3) is 0 Å². The smallest absolute Gasteiger partial charge is 0.133 e. The van der Waals surface area contributed by atoms with Gasteiger partial charge >= 0.3 is 0 Å². The van der Waals surface area contributed by atoms with Gasteiger partial charge in [-0.1, -0.05) is 39.8 Å². The van der Waals surface area contributed by atoms with Crippen molar-refractivity contribution in [2.24, 2.45) is 52.3 Å². The van der Waals surface area contributed by atoms with Gasteiger partial charge in [-0.05, 0) is 116 Å². The van der Waals surface area contributed by atoms with Gasteiger partial charge in [-0.15, -0.1) is 0 Å². The molecule has 0 radical (unpaired) electrons. The first-order chi connectivity index (χ1) is 18.3. The molecule has 5 aliphatic rings. The number of H-pyrrole nitrogens is 1. The molecular weight excluding hydrogens is 468 g/mol. The second kappa shape index (κ2) is 9.18. The van der Waals surface area contributed by atoms with Crippen LogP contribution in [-0.4, -0.2) is 28.0 Å². The molecule has 4 nitrogen and oxygen atoms in total. The van der Waals surface area contributed by atoms with Crippen molar-refractivity contribution in [2.75, 3.05) is 0 Å². The van der Waals surface area contributed by atoms with E-state index in [9.17, 15) is 4.79 Å². The molecule has 5 fully saturated rings. The van der Waals surface area contributed by atoms with Crippen LogP contribution in [0.4, 0.5) is 0 Å². The Kier molecular flexibility index (Phi) is 6.11. The first-order valence-corrected chi connectivity index (χ1v) is 15.9. The van der Waals surface area contributed by atoms with Gasteiger partial charge in [-0.2, -0.15) is 0 Å². The van der Waals surface area contributed by atoms with E-state index >= 15 is 0 Å². The maximum Gasteiger partial charge on any atom is 0.133 e. The van der Waals surface area contributed by atoms with Crippen LogP contribution in [0.25, 0.3) is 11.0 Å². The number of ether oxygens (including phenoxy) is 1. The number of nitrogens with one attached hydrogen (secondary N) is 1. The molecule has 2 aromatic rings. The highest BCUT2D eigenvalue weighted by Gasteiger charge is 2.65. The summed E-state index contributed by atoms with van der Waals surface area (Å²) in [5.41, 5.74) is 3.06. The van der Waals surface area contributed by atoms with Crippen molar-refractivity contribution in [3.05, 3.63) is 30.1 Å². The zero-order chi connectivity index (χ0) is 26.2. The Morgan fingerprint density at radius 3 is 2.79 bits per heavy atom. The van der Waals surface area contributed by atoms with Crippen molar-refractivity contribution in [3.63, 3.8) is 0 Å². The van der Waals surface area contributed by atoms with E-state index in [2.05, 4.69) is 56.9 Å². The summed E-state index contributed by atoms with van der Waals surface area (Å²) in [6.45, 7) is 10.1. The molecular formula is C34H48N2O2. The molecule has 4 saturated carbocycles. The molecule has 0 spiro atoms. The van der Waals surface area contributed by atoms with E-state index in [1.807, 2.05) is 0 Å². The van der Waals surface area contributed by atoms with Crippen LogP contribution in [0.1, 0.15) is 97.7 Å². The lowest BCUT2D eigenvalue weighted by Gasteiger charge is -2.60. The monoisotopic (exact) mass is 516 g/mol. The summed E-state index contributed by atoms with van der Waals surface area (Å²) < 4.78 is 6.96. The van der Waals surface area contributed by atoms with Gasteiger partial charge in [0, 0.05) is 19.3 Å². The van der Waals surface area contributed by atoms with Crippen molar-refractivity contribution in [1.29, 1.82) is 0 Å². The molecule has 1 aromatic heterocycles. The van der Waals surface area contributed by atoms with Crippen molar-refractivity contribution < 1.29 is 9.53 Å². The van der Waals surface area contributed by atoms with E-state index in [-0.39, 0.29) is 0 Å². The molecule has 11 atom stereocenters. The molecule has 4 heteroatoms. The number of aromatic nitrogens is 2. The van der Waals surface area contributed by atoms with Crippen molar-refractivity contribution >= 4 is 16.8 Å². The predicted octanol–water partition coefficient (Wildman–Crippen LogP) is 7.76. The van der Waals surface area contributed by atoms with Crippen LogP contribution in [0, 0.1) is 52.3 Å². The summed E-state index contributed by atoms with van der Waals surface area (Å²) in [5, 5.41) is 0. The molecule has 0 amide bonds. The molecule has 1 saturated heterocycles. The molecule has 0 bridgehead atoms. The standard InChI is InChI=1S/C34H48N2O2/c1-20(17-31-35-27-7-5-6-8-28(27)36-31)9-12-29-21(2)32-30(38-29)19-26-24-11-10-22-18-23(37)13-15-33(22,3)25(24)14-16-34(26,32)4/h5-8,20-22,24-26,29-30,32H,9-19H2,1-4H3,(H,35,36)/t20-,21+,22+,24+,25-,26-,29+,30-,32-,33-,34-/m0/s1. The van der Waals surface area contributed by atoms with Gasteiger partial charge in [0.1, 0.15) is 11.6 Å². The lowest BCUT2D eigenvalue weighted by molar-refractivity contribution is -0.140. The number of hydrogen-bond acceptors (Lipinski definition) is 3. The number of para-hydroxylation sites is 2. The first-order valence-electron chi connectivity index (χ1n) is 15.9. The van der Waals surface area contributed by atoms with Gasteiger partial charge in [-0.3, -0.25) is 4.79 Å². The van der Waals surface area contributed by atoms with Crippen LogP contribution < -0.4 is 0 Å². The van der Waals surface area contributed by atoms with Crippen molar-refractivity contribution in [1.82, 2.24) is 9.97 Å². The molecule has 4 aliphatic carbocycles. The zero-order valence-corrected chi connectivity index (χ0v) is 24.0. The van der Waals surface area contributed by atoms with Crippen LogP contribution >= 0.6 is 0 Å². The number of carbonyl (C=O) groups excluding carboxylic acids is 1. The van der Waals surface area contributed by atoms with Gasteiger partial charge in [0.05, 0.1) is 23.2 Å².